The molecule has 1 aromatic carbocycles. The van der Waals surface area contributed by atoms with Crippen LogP contribution in [-0.2, 0) is 19.1 Å². The maximum Gasteiger partial charge on any atom is 0.387 e. The molecule has 1 aliphatic heterocycles. The van der Waals surface area contributed by atoms with Crippen LogP contribution in [0.4, 0.5) is 20.2 Å². The van der Waals surface area contributed by atoms with E-state index in [9.17, 15) is 23.2 Å². The Bertz CT molecular complexity index is 891. The summed E-state index contributed by atoms with van der Waals surface area (Å²) < 4.78 is 35.8. The van der Waals surface area contributed by atoms with E-state index >= 15 is 0 Å². The molecule has 0 aromatic heterocycles. The van der Waals surface area contributed by atoms with E-state index in [4.69, 9.17) is 10.5 Å². The molecular formula is C21H26F2N4O5. The van der Waals surface area contributed by atoms with Crippen LogP contribution in [-0.4, -0.2) is 67.6 Å². The number of halogens is 2. The quantitative estimate of drug-likeness (QED) is 0.518. The first kappa shape index (κ1) is 22.4. The molecule has 0 unspecified atom stereocenters. The standard InChI is InChI=1S/C21H26F2N4O5/c22-21(23)32-16-9-14(26-7-8-31-11-17(26)28)5-6-15(16)25-20(30)18(19(24)29)27(13-3-4-13)10-12-1-2-12/h5-6,9,12-13,18,21H,1-4,7-8,10-11H2,(H2,24,29)(H,25,30)/t18-/m0/s1. The summed E-state index contributed by atoms with van der Waals surface area (Å²) in [6.45, 7) is -2.08. The van der Waals surface area contributed by atoms with E-state index in [1.54, 1.807) is 0 Å². The summed E-state index contributed by atoms with van der Waals surface area (Å²) in [5.74, 6) is -1.67. The molecule has 2 saturated carbocycles. The zero-order valence-electron chi connectivity index (χ0n) is 17.5. The lowest BCUT2D eigenvalue weighted by Gasteiger charge is -2.29. The Morgan fingerprint density at radius 1 is 1.28 bits per heavy atom. The topological polar surface area (TPSA) is 114 Å². The first-order chi connectivity index (χ1) is 15.3. The summed E-state index contributed by atoms with van der Waals surface area (Å²) in [6, 6.07) is 3.05. The van der Waals surface area contributed by atoms with Crippen LogP contribution in [0.1, 0.15) is 25.7 Å². The smallest absolute Gasteiger partial charge is 0.387 e. The van der Waals surface area contributed by atoms with E-state index in [1.807, 2.05) is 4.90 Å². The summed E-state index contributed by atoms with van der Waals surface area (Å²) >= 11 is 0. The van der Waals surface area contributed by atoms with Gasteiger partial charge in [-0.3, -0.25) is 19.3 Å². The van der Waals surface area contributed by atoms with E-state index in [0.717, 1.165) is 25.7 Å². The van der Waals surface area contributed by atoms with Gasteiger partial charge in [0, 0.05) is 30.9 Å². The molecule has 1 aromatic rings. The fraction of sp³-hybridized carbons (Fsp3) is 0.571. The second kappa shape index (κ2) is 9.37. The highest BCUT2D eigenvalue weighted by Gasteiger charge is 2.43. The number of hydrogen-bond donors (Lipinski definition) is 2. The number of alkyl halides is 2. The molecule has 32 heavy (non-hydrogen) atoms. The molecule has 4 rings (SSSR count). The zero-order chi connectivity index (χ0) is 22.8. The molecule has 3 amide bonds. The highest BCUT2D eigenvalue weighted by Crippen LogP contribution is 2.37. The molecule has 9 nitrogen and oxygen atoms in total. The lowest BCUT2D eigenvalue weighted by molar-refractivity contribution is -0.133. The van der Waals surface area contributed by atoms with Crippen LogP contribution in [0.2, 0.25) is 0 Å². The monoisotopic (exact) mass is 452 g/mol. The fourth-order valence-electron chi connectivity index (χ4n) is 3.88. The van der Waals surface area contributed by atoms with Crippen molar-refractivity contribution in [1.82, 2.24) is 4.90 Å². The number of nitrogens with one attached hydrogen (secondary N) is 1. The number of hydrogen-bond acceptors (Lipinski definition) is 6. The minimum Gasteiger partial charge on any atom is -0.433 e. The third-order valence-corrected chi connectivity index (χ3v) is 5.77. The van der Waals surface area contributed by atoms with Gasteiger partial charge in [0.25, 0.3) is 11.8 Å². The Labute approximate surface area is 183 Å². The van der Waals surface area contributed by atoms with Gasteiger partial charge in [-0.2, -0.15) is 8.78 Å². The molecule has 0 radical (unpaired) electrons. The normalized spacial score (nSPS) is 19.9. The third kappa shape index (κ3) is 5.33. The van der Waals surface area contributed by atoms with Gasteiger partial charge in [-0.1, -0.05) is 0 Å². The first-order valence-electron chi connectivity index (χ1n) is 10.7. The summed E-state index contributed by atoms with van der Waals surface area (Å²) in [6.07, 6.45) is 3.85. The number of anilines is 2. The van der Waals surface area contributed by atoms with E-state index < -0.39 is 24.5 Å². The molecule has 2 aliphatic carbocycles. The molecule has 11 heteroatoms. The number of ether oxygens (including phenoxy) is 2. The van der Waals surface area contributed by atoms with E-state index in [2.05, 4.69) is 10.1 Å². The predicted octanol–water partition coefficient (Wildman–Crippen LogP) is 1.32. The minimum absolute atomic E-state index is 0.0341. The van der Waals surface area contributed by atoms with Gasteiger partial charge in [-0.15, -0.1) is 0 Å². The van der Waals surface area contributed by atoms with Crippen LogP contribution in [0.15, 0.2) is 18.2 Å². The number of nitrogens with zero attached hydrogens (tertiary/aromatic N) is 2. The molecule has 1 saturated heterocycles. The molecule has 3 N–H and O–H groups in total. The highest BCUT2D eigenvalue weighted by atomic mass is 19.3. The highest BCUT2D eigenvalue weighted by molar-refractivity contribution is 6.10. The Hall–Kier alpha value is -2.79. The van der Waals surface area contributed by atoms with Crippen molar-refractivity contribution in [2.24, 2.45) is 11.7 Å². The van der Waals surface area contributed by atoms with Crippen molar-refractivity contribution in [1.29, 1.82) is 0 Å². The van der Waals surface area contributed by atoms with Gasteiger partial charge in [0.1, 0.15) is 6.61 Å². The third-order valence-electron chi connectivity index (χ3n) is 5.77. The van der Waals surface area contributed by atoms with Gasteiger partial charge >= 0.3 is 6.61 Å². The van der Waals surface area contributed by atoms with Crippen LogP contribution in [0.5, 0.6) is 5.75 Å². The van der Waals surface area contributed by atoms with Gasteiger partial charge in [0.15, 0.2) is 11.8 Å². The molecule has 1 heterocycles. The van der Waals surface area contributed by atoms with Crippen LogP contribution >= 0.6 is 0 Å². The van der Waals surface area contributed by atoms with Gasteiger partial charge in [-0.05, 0) is 43.7 Å². The van der Waals surface area contributed by atoms with Crippen molar-refractivity contribution >= 4 is 29.1 Å². The molecule has 0 bridgehead atoms. The largest absolute Gasteiger partial charge is 0.433 e. The number of primary amides is 1. The van der Waals surface area contributed by atoms with Crippen molar-refractivity contribution < 1.29 is 32.6 Å². The van der Waals surface area contributed by atoms with E-state index in [-0.39, 0.29) is 36.5 Å². The average molecular weight is 452 g/mol. The first-order valence-corrected chi connectivity index (χ1v) is 10.7. The van der Waals surface area contributed by atoms with Crippen LogP contribution in [0, 0.1) is 5.92 Å². The molecule has 3 fully saturated rings. The second-order valence-corrected chi connectivity index (χ2v) is 8.32. The molecule has 0 spiro atoms. The average Bonchev–Trinajstić information content (AvgIpc) is 3.63. The Morgan fingerprint density at radius 3 is 2.62 bits per heavy atom. The van der Waals surface area contributed by atoms with Gasteiger partial charge < -0.3 is 25.4 Å². The number of benzene rings is 1. The zero-order valence-corrected chi connectivity index (χ0v) is 17.5. The summed E-state index contributed by atoms with van der Waals surface area (Å²) in [5.41, 5.74) is 5.87. The Balaban J connectivity index is 1.56. The van der Waals surface area contributed by atoms with Crippen molar-refractivity contribution in [3.05, 3.63) is 18.2 Å². The Morgan fingerprint density at radius 2 is 2.03 bits per heavy atom. The van der Waals surface area contributed by atoms with E-state index in [1.165, 1.54) is 23.1 Å². The molecular weight excluding hydrogens is 426 g/mol. The van der Waals surface area contributed by atoms with Crippen molar-refractivity contribution in [2.75, 3.05) is 36.5 Å². The van der Waals surface area contributed by atoms with Crippen molar-refractivity contribution in [3.8, 4) is 5.75 Å². The van der Waals surface area contributed by atoms with Crippen molar-refractivity contribution in [3.63, 3.8) is 0 Å². The molecule has 3 aliphatic rings. The SMILES string of the molecule is NC(=O)[C@@H](C(=O)Nc1ccc(N2CCOCC2=O)cc1OC(F)F)N(CC1CC1)C1CC1. The van der Waals surface area contributed by atoms with Crippen molar-refractivity contribution in [2.45, 2.75) is 44.4 Å². The van der Waals surface area contributed by atoms with Crippen LogP contribution in [0.25, 0.3) is 0 Å². The number of nitrogens with two attached hydrogens (primary N) is 1. The summed E-state index contributed by atoms with van der Waals surface area (Å²) in [7, 11) is 0. The maximum absolute atomic E-state index is 13.1. The molecule has 1 atom stereocenters. The van der Waals surface area contributed by atoms with Crippen LogP contribution < -0.4 is 20.7 Å². The Kier molecular flexibility index (Phi) is 6.56. The van der Waals surface area contributed by atoms with Gasteiger partial charge in [-0.25, -0.2) is 0 Å². The number of carbonyl (C=O) groups is 3. The number of morpholine rings is 1. The number of amides is 3. The lowest BCUT2D eigenvalue weighted by atomic mass is 10.1. The summed E-state index contributed by atoms with van der Waals surface area (Å²) in [4.78, 5) is 40.5. The minimum atomic E-state index is -3.15. The molecule has 174 valence electrons. The number of rotatable bonds is 10. The fourth-order valence-corrected chi connectivity index (χ4v) is 3.88. The van der Waals surface area contributed by atoms with E-state index in [0.29, 0.717) is 24.8 Å². The lowest BCUT2D eigenvalue weighted by Crippen LogP contribution is -2.53. The van der Waals surface area contributed by atoms with Gasteiger partial charge in [0.2, 0.25) is 5.91 Å². The second-order valence-electron chi connectivity index (χ2n) is 8.32. The summed E-state index contributed by atoms with van der Waals surface area (Å²) in [5, 5.41) is 2.53. The predicted molar refractivity (Wildman–Crippen MR) is 110 cm³/mol. The maximum atomic E-state index is 13.1. The van der Waals surface area contributed by atoms with Crippen LogP contribution in [0.3, 0.4) is 0 Å². The number of carbonyl (C=O) groups excluding carboxylic acids is 3. The van der Waals surface area contributed by atoms with Gasteiger partial charge in [0.05, 0.1) is 12.3 Å².